The van der Waals surface area contributed by atoms with Gasteiger partial charge in [0.15, 0.2) is 0 Å². The van der Waals surface area contributed by atoms with E-state index in [0.717, 1.165) is 16.6 Å². The van der Waals surface area contributed by atoms with E-state index in [1.54, 1.807) is 0 Å². The molecule has 0 bridgehead atoms. The van der Waals surface area contributed by atoms with Gasteiger partial charge in [0, 0.05) is 12.2 Å². The average Bonchev–Trinajstić information content (AvgIpc) is 2.50. The van der Waals surface area contributed by atoms with Gasteiger partial charge in [-0.25, -0.2) is 0 Å². The fourth-order valence-electron chi connectivity index (χ4n) is 2.25. The van der Waals surface area contributed by atoms with Crippen LogP contribution in [0.15, 0.2) is 12.1 Å². The van der Waals surface area contributed by atoms with Gasteiger partial charge >= 0.3 is 7.12 Å². The Morgan fingerprint density at radius 3 is 2.11 bits per heavy atom. The van der Waals surface area contributed by atoms with E-state index in [1.807, 2.05) is 46.8 Å². The van der Waals surface area contributed by atoms with E-state index >= 15 is 0 Å². The molecule has 4 nitrogen and oxygen atoms in total. The molecule has 104 valence electrons. The van der Waals surface area contributed by atoms with Gasteiger partial charge < -0.3 is 20.8 Å². The smallest absolute Gasteiger partial charge is 0.399 e. The number of hydrogen-bond donors (Lipinski definition) is 2. The first-order valence-electron chi connectivity index (χ1n) is 6.62. The molecule has 2 rings (SSSR count). The lowest BCUT2D eigenvalue weighted by Crippen LogP contribution is -2.41. The van der Waals surface area contributed by atoms with Gasteiger partial charge in [-0.05, 0) is 63.3 Å². The van der Waals surface area contributed by atoms with Gasteiger partial charge in [0.25, 0.3) is 0 Å². The standard InChI is InChI=1S/C14H23BN2O2/c1-9-10(8-16)6-11(17)7-12(9)15-18-13(2,3)14(4,5)19-15/h6-7H,8,16-17H2,1-5H3. The minimum atomic E-state index is -0.390. The summed E-state index contributed by atoms with van der Waals surface area (Å²) in [4.78, 5) is 0. The van der Waals surface area contributed by atoms with Crippen LogP contribution >= 0.6 is 0 Å². The van der Waals surface area contributed by atoms with E-state index in [9.17, 15) is 0 Å². The molecule has 1 aliphatic heterocycles. The van der Waals surface area contributed by atoms with E-state index in [4.69, 9.17) is 20.8 Å². The van der Waals surface area contributed by atoms with Crippen molar-refractivity contribution in [1.82, 2.24) is 0 Å². The molecule has 0 amide bonds. The highest BCUT2D eigenvalue weighted by molar-refractivity contribution is 6.62. The number of anilines is 1. The molecule has 1 heterocycles. The van der Waals surface area contributed by atoms with E-state index in [0.29, 0.717) is 12.2 Å². The molecule has 0 radical (unpaired) electrons. The lowest BCUT2D eigenvalue weighted by molar-refractivity contribution is 0.00578. The molecule has 0 aromatic heterocycles. The van der Waals surface area contributed by atoms with Crippen molar-refractivity contribution in [3.63, 3.8) is 0 Å². The monoisotopic (exact) mass is 262 g/mol. The van der Waals surface area contributed by atoms with E-state index < -0.39 is 7.12 Å². The summed E-state index contributed by atoms with van der Waals surface area (Å²) in [6.07, 6.45) is 0. The van der Waals surface area contributed by atoms with Crippen LogP contribution in [-0.4, -0.2) is 18.3 Å². The molecule has 5 heteroatoms. The highest BCUT2D eigenvalue weighted by Gasteiger charge is 2.52. The first-order chi connectivity index (χ1) is 8.68. The van der Waals surface area contributed by atoms with Crippen LogP contribution in [0.25, 0.3) is 0 Å². The Balaban J connectivity index is 2.42. The molecular weight excluding hydrogens is 239 g/mol. The topological polar surface area (TPSA) is 70.5 Å². The van der Waals surface area contributed by atoms with Gasteiger partial charge in [-0.15, -0.1) is 0 Å². The van der Waals surface area contributed by atoms with Gasteiger partial charge in [0.2, 0.25) is 0 Å². The van der Waals surface area contributed by atoms with E-state index in [-0.39, 0.29) is 11.2 Å². The maximum Gasteiger partial charge on any atom is 0.495 e. The Kier molecular flexibility index (Phi) is 3.41. The Morgan fingerprint density at radius 1 is 1.11 bits per heavy atom. The maximum absolute atomic E-state index is 6.07. The molecule has 0 unspecified atom stereocenters. The van der Waals surface area contributed by atoms with Gasteiger partial charge in [-0.2, -0.15) is 0 Å². The van der Waals surface area contributed by atoms with Crippen molar-refractivity contribution < 1.29 is 9.31 Å². The molecule has 0 atom stereocenters. The second kappa shape index (κ2) is 4.51. The molecule has 1 aromatic carbocycles. The van der Waals surface area contributed by atoms with Crippen molar-refractivity contribution >= 4 is 18.3 Å². The quantitative estimate of drug-likeness (QED) is 0.623. The average molecular weight is 262 g/mol. The molecule has 1 saturated heterocycles. The SMILES string of the molecule is Cc1c(CN)cc(N)cc1B1OC(C)(C)C(C)(C)O1. The number of hydrogen-bond acceptors (Lipinski definition) is 4. The summed E-state index contributed by atoms with van der Waals surface area (Å²) in [5.41, 5.74) is 14.8. The highest BCUT2D eigenvalue weighted by atomic mass is 16.7. The summed E-state index contributed by atoms with van der Waals surface area (Å²) in [6, 6.07) is 3.82. The second-order valence-corrected chi connectivity index (χ2v) is 6.19. The highest BCUT2D eigenvalue weighted by Crippen LogP contribution is 2.36. The summed E-state index contributed by atoms with van der Waals surface area (Å²) in [7, 11) is -0.390. The number of nitrogens with two attached hydrogens (primary N) is 2. The number of nitrogen functional groups attached to an aromatic ring is 1. The molecule has 1 aromatic rings. The normalized spacial score (nSPS) is 20.8. The molecule has 19 heavy (non-hydrogen) atoms. The third kappa shape index (κ3) is 2.38. The van der Waals surface area contributed by atoms with Gasteiger partial charge in [-0.3, -0.25) is 0 Å². The Bertz CT molecular complexity index is 484. The zero-order valence-electron chi connectivity index (χ0n) is 12.4. The van der Waals surface area contributed by atoms with Crippen LogP contribution < -0.4 is 16.9 Å². The third-order valence-electron chi connectivity index (χ3n) is 4.30. The Labute approximate surface area is 115 Å². The third-order valence-corrected chi connectivity index (χ3v) is 4.30. The minimum absolute atomic E-state index is 0.350. The van der Waals surface area contributed by atoms with Crippen LogP contribution in [0.3, 0.4) is 0 Å². The summed E-state index contributed by atoms with van der Waals surface area (Å²) in [6.45, 7) is 10.7. The molecule has 1 aliphatic rings. The van der Waals surface area contributed by atoms with Gasteiger partial charge in [0.05, 0.1) is 11.2 Å². The summed E-state index contributed by atoms with van der Waals surface area (Å²) < 4.78 is 12.1. The largest absolute Gasteiger partial charge is 0.495 e. The summed E-state index contributed by atoms with van der Waals surface area (Å²) in [5, 5.41) is 0. The van der Waals surface area contributed by atoms with Crippen LogP contribution in [0.4, 0.5) is 5.69 Å². The van der Waals surface area contributed by atoms with Crippen molar-refractivity contribution in [2.24, 2.45) is 5.73 Å². The maximum atomic E-state index is 6.07. The predicted octanol–water partition coefficient (Wildman–Crippen LogP) is 1.34. The lowest BCUT2D eigenvalue weighted by Gasteiger charge is -2.32. The first kappa shape index (κ1) is 14.4. The number of benzene rings is 1. The Morgan fingerprint density at radius 2 is 1.63 bits per heavy atom. The summed E-state index contributed by atoms with van der Waals surface area (Å²) in [5.74, 6) is 0. The zero-order valence-corrected chi connectivity index (χ0v) is 12.4. The minimum Gasteiger partial charge on any atom is -0.399 e. The van der Waals surface area contributed by atoms with E-state index in [1.165, 1.54) is 0 Å². The molecule has 0 spiro atoms. The van der Waals surface area contributed by atoms with Crippen LogP contribution in [0.1, 0.15) is 38.8 Å². The molecular formula is C14H23BN2O2. The predicted molar refractivity (Wildman–Crippen MR) is 79.2 cm³/mol. The molecule has 0 aliphatic carbocycles. The first-order valence-corrected chi connectivity index (χ1v) is 6.62. The van der Waals surface area contributed by atoms with Crippen LogP contribution in [0.5, 0.6) is 0 Å². The van der Waals surface area contributed by atoms with Crippen LogP contribution in [0, 0.1) is 6.92 Å². The summed E-state index contributed by atoms with van der Waals surface area (Å²) >= 11 is 0. The van der Waals surface area contributed by atoms with E-state index in [2.05, 4.69) is 0 Å². The fourth-order valence-corrected chi connectivity index (χ4v) is 2.25. The number of rotatable bonds is 2. The fraction of sp³-hybridized carbons (Fsp3) is 0.571. The molecule has 1 fully saturated rings. The van der Waals surface area contributed by atoms with Crippen molar-refractivity contribution in [3.8, 4) is 0 Å². The van der Waals surface area contributed by atoms with Gasteiger partial charge in [-0.1, -0.05) is 0 Å². The zero-order chi connectivity index (χ0) is 14.4. The van der Waals surface area contributed by atoms with Gasteiger partial charge in [0.1, 0.15) is 0 Å². The lowest BCUT2D eigenvalue weighted by atomic mass is 9.74. The molecule has 4 N–H and O–H groups in total. The molecule has 0 saturated carbocycles. The van der Waals surface area contributed by atoms with Crippen molar-refractivity contribution in [2.75, 3.05) is 5.73 Å². The Hall–Kier alpha value is -1.04. The second-order valence-electron chi connectivity index (χ2n) is 6.19. The van der Waals surface area contributed by atoms with Crippen molar-refractivity contribution in [2.45, 2.75) is 52.4 Å². The van der Waals surface area contributed by atoms with Crippen molar-refractivity contribution in [3.05, 3.63) is 23.3 Å². The van der Waals surface area contributed by atoms with Crippen molar-refractivity contribution in [1.29, 1.82) is 0 Å². The van der Waals surface area contributed by atoms with Crippen LogP contribution in [0.2, 0.25) is 0 Å². The van der Waals surface area contributed by atoms with Crippen LogP contribution in [-0.2, 0) is 15.9 Å².